The largest absolute Gasteiger partial charge is 0.308 e. The van der Waals surface area contributed by atoms with Gasteiger partial charge in [-0.15, -0.1) is 0 Å². The van der Waals surface area contributed by atoms with Gasteiger partial charge in [0.15, 0.2) is 0 Å². The first kappa shape index (κ1) is 12.3. The summed E-state index contributed by atoms with van der Waals surface area (Å²) in [6, 6.07) is 0.610. The van der Waals surface area contributed by atoms with Crippen molar-refractivity contribution < 1.29 is 4.39 Å². The molecule has 3 heteroatoms. The van der Waals surface area contributed by atoms with E-state index in [0.717, 1.165) is 25.6 Å². The predicted octanol–water partition coefficient (Wildman–Crippen LogP) is 2.20. The van der Waals surface area contributed by atoms with Crippen LogP contribution in [0.3, 0.4) is 0 Å². The van der Waals surface area contributed by atoms with Crippen LogP contribution in [-0.2, 0) is 0 Å². The Morgan fingerprint density at radius 1 is 1.44 bits per heavy atom. The van der Waals surface area contributed by atoms with Crippen LogP contribution in [0.2, 0.25) is 0 Å². The Hall–Kier alpha value is -0.150. The van der Waals surface area contributed by atoms with Crippen molar-refractivity contribution in [2.24, 2.45) is 5.92 Å². The molecule has 0 bridgehead atoms. The molecule has 1 saturated heterocycles. The van der Waals surface area contributed by atoms with E-state index in [0.29, 0.717) is 18.0 Å². The van der Waals surface area contributed by atoms with Gasteiger partial charge in [-0.2, -0.15) is 0 Å². The summed E-state index contributed by atoms with van der Waals surface area (Å²) >= 11 is 0. The number of hydrogen-bond acceptors (Lipinski definition) is 2. The zero-order valence-electron chi connectivity index (χ0n) is 10.6. The number of nitrogens with zero attached hydrogens (tertiary/aromatic N) is 1. The zero-order valence-corrected chi connectivity index (χ0v) is 10.6. The Bertz CT molecular complexity index is 230. The summed E-state index contributed by atoms with van der Waals surface area (Å²) in [5, 5.41) is 3.73. The number of halogens is 1. The molecular weight excluding hydrogens is 203 g/mol. The highest BCUT2D eigenvalue weighted by atomic mass is 19.1. The molecule has 1 heterocycles. The monoisotopic (exact) mass is 228 g/mol. The second-order valence-electron chi connectivity index (χ2n) is 5.65. The Labute approximate surface area is 98.6 Å². The van der Waals surface area contributed by atoms with Crippen LogP contribution in [0.25, 0.3) is 0 Å². The van der Waals surface area contributed by atoms with Crippen molar-refractivity contribution >= 4 is 0 Å². The SMILES string of the molecule is CCC1CNC(C)(C2CC2)CN1CCCF. The number of hydrogen-bond donors (Lipinski definition) is 1. The Kier molecular flexibility index (Phi) is 3.85. The van der Waals surface area contributed by atoms with Crippen LogP contribution in [0.15, 0.2) is 0 Å². The summed E-state index contributed by atoms with van der Waals surface area (Å²) in [5.41, 5.74) is 0.294. The minimum absolute atomic E-state index is 0.180. The third kappa shape index (κ3) is 2.57. The summed E-state index contributed by atoms with van der Waals surface area (Å²) in [5.74, 6) is 0.859. The molecule has 0 aromatic carbocycles. The molecule has 0 aromatic rings. The van der Waals surface area contributed by atoms with Crippen LogP contribution in [-0.4, -0.2) is 42.8 Å². The first-order chi connectivity index (χ1) is 7.69. The van der Waals surface area contributed by atoms with Crippen LogP contribution in [0, 0.1) is 5.92 Å². The molecule has 1 aliphatic heterocycles. The molecule has 2 rings (SSSR count). The van der Waals surface area contributed by atoms with Gasteiger partial charge < -0.3 is 5.32 Å². The lowest BCUT2D eigenvalue weighted by Gasteiger charge is -2.46. The molecular formula is C13H25FN2. The maximum atomic E-state index is 12.3. The van der Waals surface area contributed by atoms with Crippen molar-refractivity contribution in [3.63, 3.8) is 0 Å². The quantitative estimate of drug-likeness (QED) is 0.776. The number of alkyl halides is 1. The summed E-state index contributed by atoms with van der Waals surface area (Å²) in [6.45, 7) is 7.51. The van der Waals surface area contributed by atoms with E-state index in [4.69, 9.17) is 0 Å². The molecule has 1 aliphatic carbocycles. The van der Waals surface area contributed by atoms with Crippen molar-refractivity contribution in [2.45, 2.75) is 51.1 Å². The third-order valence-corrected chi connectivity index (χ3v) is 4.32. The smallest absolute Gasteiger partial charge is 0.0906 e. The molecule has 1 saturated carbocycles. The van der Waals surface area contributed by atoms with Crippen molar-refractivity contribution in [3.8, 4) is 0 Å². The first-order valence-corrected chi connectivity index (χ1v) is 6.74. The Morgan fingerprint density at radius 3 is 2.75 bits per heavy atom. The molecule has 0 aromatic heterocycles. The Balaban J connectivity index is 1.93. The predicted molar refractivity (Wildman–Crippen MR) is 65.4 cm³/mol. The molecule has 16 heavy (non-hydrogen) atoms. The van der Waals surface area contributed by atoms with Gasteiger partial charge >= 0.3 is 0 Å². The van der Waals surface area contributed by atoms with Gasteiger partial charge in [0.05, 0.1) is 6.67 Å². The molecule has 2 unspecified atom stereocenters. The normalized spacial score (nSPS) is 36.6. The lowest BCUT2D eigenvalue weighted by atomic mass is 9.90. The van der Waals surface area contributed by atoms with Crippen molar-refractivity contribution in [1.29, 1.82) is 0 Å². The fraction of sp³-hybridized carbons (Fsp3) is 1.00. The Morgan fingerprint density at radius 2 is 2.19 bits per heavy atom. The van der Waals surface area contributed by atoms with Gasteiger partial charge in [0.1, 0.15) is 0 Å². The third-order valence-electron chi connectivity index (χ3n) is 4.32. The summed E-state index contributed by atoms with van der Waals surface area (Å²) in [6.07, 6.45) is 4.60. The lowest BCUT2D eigenvalue weighted by Crippen LogP contribution is -2.63. The van der Waals surface area contributed by atoms with Gasteiger partial charge in [-0.05, 0) is 38.5 Å². The first-order valence-electron chi connectivity index (χ1n) is 6.74. The lowest BCUT2D eigenvalue weighted by molar-refractivity contribution is 0.0703. The van der Waals surface area contributed by atoms with Gasteiger partial charge in [0.25, 0.3) is 0 Å². The van der Waals surface area contributed by atoms with E-state index in [-0.39, 0.29) is 6.67 Å². The summed E-state index contributed by atoms with van der Waals surface area (Å²) in [7, 11) is 0. The second-order valence-corrected chi connectivity index (χ2v) is 5.65. The molecule has 0 radical (unpaired) electrons. The van der Waals surface area contributed by atoms with Crippen LogP contribution in [0.4, 0.5) is 4.39 Å². The van der Waals surface area contributed by atoms with Crippen LogP contribution >= 0.6 is 0 Å². The molecule has 0 spiro atoms. The summed E-state index contributed by atoms with van der Waals surface area (Å²) in [4.78, 5) is 2.51. The van der Waals surface area contributed by atoms with Crippen LogP contribution < -0.4 is 5.32 Å². The van der Waals surface area contributed by atoms with Crippen molar-refractivity contribution in [1.82, 2.24) is 10.2 Å². The number of piperazine rings is 1. The average molecular weight is 228 g/mol. The van der Waals surface area contributed by atoms with Gasteiger partial charge in [-0.1, -0.05) is 6.92 Å². The number of rotatable bonds is 5. The highest BCUT2D eigenvalue weighted by Gasteiger charge is 2.45. The van der Waals surface area contributed by atoms with Crippen LogP contribution in [0.5, 0.6) is 0 Å². The van der Waals surface area contributed by atoms with Gasteiger partial charge in [-0.25, -0.2) is 0 Å². The average Bonchev–Trinajstić information content (AvgIpc) is 3.10. The van der Waals surface area contributed by atoms with Crippen LogP contribution in [0.1, 0.15) is 39.5 Å². The van der Waals surface area contributed by atoms with E-state index in [1.54, 1.807) is 0 Å². The van der Waals surface area contributed by atoms with E-state index in [1.807, 2.05) is 0 Å². The maximum Gasteiger partial charge on any atom is 0.0906 e. The van der Waals surface area contributed by atoms with Gasteiger partial charge in [0.2, 0.25) is 0 Å². The minimum atomic E-state index is -0.180. The van der Waals surface area contributed by atoms with E-state index in [2.05, 4.69) is 24.1 Å². The highest BCUT2D eigenvalue weighted by molar-refractivity contribution is 5.03. The zero-order chi connectivity index (χ0) is 11.6. The van der Waals surface area contributed by atoms with Gasteiger partial charge in [0, 0.05) is 31.2 Å². The second kappa shape index (κ2) is 5.01. The van der Waals surface area contributed by atoms with E-state index in [9.17, 15) is 4.39 Å². The number of nitrogens with one attached hydrogen (secondary N) is 1. The van der Waals surface area contributed by atoms with E-state index >= 15 is 0 Å². The molecule has 2 fully saturated rings. The summed E-state index contributed by atoms with van der Waals surface area (Å²) < 4.78 is 12.3. The highest BCUT2D eigenvalue weighted by Crippen LogP contribution is 2.41. The molecule has 0 amide bonds. The molecule has 2 nitrogen and oxygen atoms in total. The minimum Gasteiger partial charge on any atom is -0.308 e. The fourth-order valence-electron chi connectivity index (χ4n) is 3.01. The fourth-order valence-corrected chi connectivity index (χ4v) is 3.01. The maximum absolute atomic E-state index is 12.3. The molecule has 94 valence electrons. The topological polar surface area (TPSA) is 15.3 Å². The van der Waals surface area contributed by atoms with Crippen molar-refractivity contribution in [2.75, 3.05) is 26.3 Å². The molecule has 1 N–H and O–H groups in total. The van der Waals surface area contributed by atoms with Gasteiger partial charge in [-0.3, -0.25) is 9.29 Å². The standard InChI is InChI=1S/C13H25FN2/c1-3-12-9-15-13(2,11-5-6-11)10-16(12)8-4-7-14/h11-12,15H,3-10H2,1-2H3. The van der Waals surface area contributed by atoms with Crippen molar-refractivity contribution in [3.05, 3.63) is 0 Å². The molecule has 2 atom stereocenters. The molecule has 2 aliphatic rings. The van der Waals surface area contributed by atoms with E-state index < -0.39 is 0 Å². The van der Waals surface area contributed by atoms with E-state index in [1.165, 1.54) is 19.3 Å².